The average Bonchev–Trinajstić information content (AvgIpc) is 2.26. The maximum atomic E-state index is 5.93. The van der Waals surface area contributed by atoms with Crippen molar-refractivity contribution in [2.24, 2.45) is 0 Å². The van der Waals surface area contributed by atoms with Crippen LogP contribution in [0.25, 0.3) is 0 Å². The molecule has 0 aliphatic carbocycles. The third-order valence-electron chi connectivity index (χ3n) is 2.51. The Kier molecular flexibility index (Phi) is 8.01. The van der Waals surface area contributed by atoms with Crippen LogP contribution in [-0.2, 0) is 8.85 Å². The Morgan fingerprint density at radius 1 is 1.07 bits per heavy atom. The van der Waals surface area contributed by atoms with Crippen LogP contribution in [0, 0.1) is 0 Å². The minimum atomic E-state index is -1.21. The van der Waals surface area contributed by atoms with E-state index < -0.39 is 9.28 Å². The lowest BCUT2D eigenvalue weighted by molar-refractivity contribution is 0.108. The number of allylic oxidation sites excluding steroid dienone is 1. The molecule has 0 fully saturated rings. The van der Waals surface area contributed by atoms with Gasteiger partial charge in [-0.3, -0.25) is 0 Å². The molecule has 0 amide bonds. The topological polar surface area (TPSA) is 18.5 Å². The molecule has 1 radical (unpaired) electrons. The quantitative estimate of drug-likeness (QED) is 0.467. The standard InChI is InChI=1S/C12H25O2Si/c1-7-10(4)13-15(12(6)9-3)14-11(5)8-2/h9-12H,3,7-8H2,1-2,4-6H3. The first-order chi connectivity index (χ1) is 7.04. The van der Waals surface area contributed by atoms with Gasteiger partial charge in [-0.25, -0.2) is 0 Å². The summed E-state index contributed by atoms with van der Waals surface area (Å²) >= 11 is 0. The van der Waals surface area contributed by atoms with E-state index in [0.717, 1.165) is 12.8 Å². The molecule has 0 aromatic heterocycles. The molecule has 0 spiro atoms. The van der Waals surface area contributed by atoms with E-state index in [1.165, 1.54) is 0 Å². The summed E-state index contributed by atoms with van der Waals surface area (Å²) < 4.78 is 11.9. The molecule has 89 valence electrons. The van der Waals surface area contributed by atoms with E-state index in [-0.39, 0.29) is 12.2 Å². The van der Waals surface area contributed by atoms with Crippen molar-refractivity contribution >= 4 is 9.28 Å². The highest BCUT2D eigenvalue weighted by Crippen LogP contribution is 2.17. The van der Waals surface area contributed by atoms with Gasteiger partial charge in [0, 0.05) is 17.7 Å². The highest BCUT2D eigenvalue weighted by Gasteiger charge is 2.25. The average molecular weight is 229 g/mol. The lowest BCUT2D eigenvalue weighted by Crippen LogP contribution is -2.33. The summed E-state index contributed by atoms with van der Waals surface area (Å²) in [4.78, 5) is 0. The van der Waals surface area contributed by atoms with Gasteiger partial charge in [0.1, 0.15) is 0 Å². The molecule has 0 saturated heterocycles. The number of rotatable bonds is 8. The van der Waals surface area contributed by atoms with Crippen LogP contribution in [0.1, 0.15) is 47.5 Å². The fourth-order valence-corrected chi connectivity index (χ4v) is 2.71. The zero-order valence-electron chi connectivity index (χ0n) is 10.7. The van der Waals surface area contributed by atoms with Gasteiger partial charge in [0.05, 0.1) is 0 Å². The van der Waals surface area contributed by atoms with Crippen LogP contribution < -0.4 is 0 Å². The molecule has 0 aliphatic heterocycles. The number of hydrogen-bond acceptors (Lipinski definition) is 2. The highest BCUT2D eigenvalue weighted by molar-refractivity contribution is 6.47. The molecule has 0 aromatic rings. The second kappa shape index (κ2) is 8.08. The van der Waals surface area contributed by atoms with Crippen molar-refractivity contribution in [2.45, 2.75) is 65.2 Å². The van der Waals surface area contributed by atoms with Crippen molar-refractivity contribution in [3.8, 4) is 0 Å². The SMILES string of the molecule is C=CC(C)[Si](OC(C)CC)OC(C)CC. The molecule has 0 aromatic carbocycles. The van der Waals surface area contributed by atoms with Gasteiger partial charge in [0.25, 0.3) is 0 Å². The molecule has 3 unspecified atom stereocenters. The smallest absolute Gasteiger partial charge is 0.390 e. The maximum Gasteiger partial charge on any atom is 0.392 e. The van der Waals surface area contributed by atoms with Crippen LogP contribution in [0.4, 0.5) is 0 Å². The number of hydrogen-bond donors (Lipinski definition) is 0. The molecule has 0 N–H and O–H groups in total. The fraction of sp³-hybridized carbons (Fsp3) is 0.833. The lowest BCUT2D eigenvalue weighted by atomic mass is 10.3. The molecule has 3 atom stereocenters. The molecule has 3 heteroatoms. The van der Waals surface area contributed by atoms with Crippen LogP contribution in [0.15, 0.2) is 12.7 Å². The molecule has 15 heavy (non-hydrogen) atoms. The van der Waals surface area contributed by atoms with Crippen molar-refractivity contribution in [3.63, 3.8) is 0 Å². The monoisotopic (exact) mass is 229 g/mol. The van der Waals surface area contributed by atoms with Gasteiger partial charge < -0.3 is 8.85 Å². The van der Waals surface area contributed by atoms with Gasteiger partial charge in [-0.15, -0.1) is 6.58 Å². The molecule has 0 bridgehead atoms. The summed E-state index contributed by atoms with van der Waals surface area (Å²) in [5, 5.41) is 0. The predicted molar refractivity (Wildman–Crippen MR) is 67.1 cm³/mol. The molecule has 2 nitrogen and oxygen atoms in total. The highest BCUT2D eigenvalue weighted by atomic mass is 28.3. The van der Waals surface area contributed by atoms with Crippen molar-refractivity contribution in [1.29, 1.82) is 0 Å². The van der Waals surface area contributed by atoms with E-state index in [2.05, 4.69) is 41.2 Å². The van der Waals surface area contributed by atoms with Gasteiger partial charge in [-0.05, 0) is 26.7 Å². The van der Waals surface area contributed by atoms with E-state index in [9.17, 15) is 0 Å². The second-order valence-electron chi connectivity index (χ2n) is 4.02. The Morgan fingerprint density at radius 2 is 1.47 bits per heavy atom. The molecular weight excluding hydrogens is 204 g/mol. The first-order valence-corrected chi connectivity index (χ1v) is 7.27. The van der Waals surface area contributed by atoms with E-state index in [1.54, 1.807) is 0 Å². The van der Waals surface area contributed by atoms with Crippen LogP contribution in [0.5, 0.6) is 0 Å². The van der Waals surface area contributed by atoms with Crippen molar-refractivity contribution < 1.29 is 8.85 Å². The summed E-state index contributed by atoms with van der Waals surface area (Å²) in [6.45, 7) is 14.4. The Balaban J connectivity index is 4.23. The van der Waals surface area contributed by atoms with Crippen molar-refractivity contribution in [3.05, 3.63) is 12.7 Å². The first kappa shape index (κ1) is 14.9. The van der Waals surface area contributed by atoms with Crippen molar-refractivity contribution in [1.82, 2.24) is 0 Å². The maximum absolute atomic E-state index is 5.93. The Bertz CT molecular complexity index is 161. The van der Waals surface area contributed by atoms with Crippen LogP contribution in [0.3, 0.4) is 0 Å². The molecular formula is C12H25O2Si. The summed E-state index contributed by atoms with van der Waals surface area (Å²) in [7, 11) is -1.21. The van der Waals surface area contributed by atoms with E-state index in [0.29, 0.717) is 5.54 Å². The lowest BCUT2D eigenvalue weighted by Gasteiger charge is -2.25. The van der Waals surface area contributed by atoms with Crippen LogP contribution in [-0.4, -0.2) is 21.5 Å². The molecule has 0 saturated carbocycles. The van der Waals surface area contributed by atoms with Crippen molar-refractivity contribution in [2.75, 3.05) is 0 Å². The normalized spacial score (nSPS) is 17.5. The molecule has 0 aliphatic rings. The summed E-state index contributed by atoms with van der Waals surface area (Å²) in [5.74, 6) is 0. The summed E-state index contributed by atoms with van der Waals surface area (Å²) in [6.07, 6.45) is 4.55. The Hall–Kier alpha value is -0.123. The second-order valence-corrected chi connectivity index (χ2v) is 6.04. The van der Waals surface area contributed by atoms with Gasteiger partial charge in [-0.1, -0.05) is 26.8 Å². The minimum absolute atomic E-state index is 0.283. The van der Waals surface area contributed by atoms with E-state index >= 15 is 0 Å². The molecule has 0 heterocycles. The Morgan fingerprint density at radius 3 is 1.73 bits per heavy atom. The largest absolute Gasteiger partial charge is 0.392 e. The van der Waals surface area contributed by atoms with Crippen LogP contribution >= 0.6 is 0 Å². The third kappa shape index (κ3) is 6.13. The molecule has 0 rings (SSSR count). The van der Waals surface area contributed by atoms with E-state index in [1.807, 2.05) is 6.08 Å². The summed E-state index contributed by atoms with van der Waals surface area (Å²) in [6, 6.07) is 0. The zero-order valence-corrected chi connectivity index (χ0v) is 11.7. The van der Waals surface area contributed by atoms with Gasteiger partial charge in [0.2, 0.25) is 0 Å². The first-order valence-electron chi connectivity index (χ1n) is 5.87. The van der Waals surface area contributed by atoms with Gasteiger partial charge in [0.15, 0.2) is 0 Å². The van der Waals surface area contributed by atoms with Gasteiger partial charge >= 0.3 is 9.28 Å². The van der Waals surface area contributed by atoms with Gasteiger partial charge in [-0.2, -0.15) is 0 Å². The minimum Gasteiger partial charge on any atom is -0.390 e. The van der Waals surface area contributed by atoms with E-state index in [4.69, 9.17) is 8.85 Å². The third-order valence-corrected chi connectivity index (χ3v) is 4.76. The van der Waals surface area contributed by atoms with Crippen LogP contribution in [0.2, 0.25) is 5.54 Å². The zero-order chi connectivity index (χ0) is 11.8. The summed E-state index contributed by atoms with van der Waals surface area (Å²) in [5.41, 5.74) is 0.331. The predicted octanol–water partition coefficient (Wildman–Crippen LogP) is 3.68. The Labute approximate surface area is 96.5 Å². The fourth-order valence-electron chi connectivity index (χ4n) is 0.902.